The monoisotopic (exact) mass is 485 g/mol. The highest BCUT2D eigenvalue weighted by molar-refractivity contribution is 5.82. The van der Waals surface area contributed by atoms with Gasteiger partial charge in [-0.1, -0.05) is 24.3 Å². The molecular formula is C27H23F4NO3. The van der Waals surface area contributed by atoms with Crippen molar-refractivity contribution in [3.05, 3.63) is 100 Å². The molecule has 0 N–H and O–H groups in total. The maximum atomic E-state index is 13.4. The van der Waals surface area contributed by atoms with Crippen molar-refractivity contribution >= 4 is 11.0 Å². The van der Waals surface area contributed by atoms with E-state index in [0.29, 0.717) is 12.2 Å². The number of benzene rings is 3. The highest BCUT2D eigenvalue weighted by Gasteiger charge is 2.30. The van der Waals surface area contributed by atoms with Gasteiger partial charge in [-0.25, -0.2) is 4.39 Å². The summed E-state index contributed by atoms with van der Waals surface area (Å²) in [5, 5.41) is 0.221. The summed E-state index contributed by atoms with van der Waals surface area (Å²) in [5.41, 5.74) is -0.0886. The second kappa shape index (κ2) is 9.92. The van der Waals surface area contributed by atoms with Crippen molar-refractivity contribution in [3.8, 4) is 16.9 Å². The average Bonchev–Trinajstić information content (AvgIpc) is 2.82. The molecule has 0 amide bonds. The van der Waals surface area contributed by atoms with E-state index in [1.807, 2.05) is 19.0 Å². The quantitative estimate of drug-likeness (QED) is 0.274. The minimum atomic E-state index is -4.52. The number of halogens is 4. The molecule has 1 atom stereocenters. The largest absolute Gasteiger partial charge is 0.486 e. The van der Waals surface area contributed by atoms with Crippen molar-refractivity contribution < 1.29 is 26.7 Å². The van der Waals surface area contributed by atoms with Crippen LogP contribution in [0.5, 0.6) is 5.75 Å². The molecule has 8 heteroatoms. The van der Waals surface area contributed by atoms with Gasteiger partial charge in [0.15, 0.2) is 5.43 Å². The van der Waals surface area contributed by atoms with E-state index in [0.717, 1.165) is 30.5 Å². The number of hydrogen-bond acceptors (Lipinski definition) is 4. The van der Waals surface area contributed by atoms with E-state index in [-0.39, 0.29) is 34.0 Å². The fourth-order valence-electron chi connectivity index (χ4n) is 3.76. The Morgan fingerprint density at radius 2 is 1.74 bits per heavy atom. The van der Waals surface area contributed by atoms with Crippen molar-refractivity contribution in [3.63, 3.8) is 0 Å². The Bertz CT molecular complexity index is 1380. The Hall–Kier alpha value is -3.65. The standard InChI is InChI=1S/C27H23F4NO3/c1-32(2)13-12-24(17-6-8-20(28)9-7-17)35-21-10-11-22-25(15-21)34-16-23(26(22)33)18-4-3-5-19(14-18)27(29,30)31/h3-11,14-16,24H,12-13H2,1-2H3. The molecule has 0 bridgehead atoms. The molecule has 0 saturated carbocycles. The van der Waals surface area contributed by atoms with Crippen LogP contribution in [0, 0.1) is 5.82 Å². The number of alkyl halides is 3. The van der Waals surface area contributed by atoms with Gasteiger partial charge in [0.05, 0.1) is 16.5 Å². The van der Waals surface area contributed by atoms with Crippen LogP contribution >= 0.6 is 0 Å². The van der Waals surface area contributed by atoms with E-state index in [2.05, 4.69) is 0 Å². The zero-order valence-electron chi connectivity index (χ0n) is 19.1. The molecule has 3 aromatic carbocycles. The van der Waals surface area contributed by atoms with Crippen LogP contribution in [0.25, 0.3) is 22.1 Å². The molecule has 0 radical (unpaired) electrons. The van der Waals surface area contributed by atoms with Gasteiger partial charge < -0.3 is 14.1 Å². The lowest BCUT2D eigenvalue weighted by molar-refractivity contribution is -0.137. The maximum absolute atomic E-state index is 13.4. The normalized spacial score (nSPS) is 12.8. The predicted octanol–water partition coefficient (Wildman–Crippen LogP) is 6.69. The lowest BCUT2D eigenvalue weighted by Crippen LogP contribution is -2.18. The van der Waals surface area contributed by atoms with E-state index in [4.69, 9.17) is 9.15 Å². The van der Waals surface area contributed by atoms with E-state index >= 15 is 0 Å². The van der Waals surface area contributed by atoms with Crippen LogP contribution < -0.4 is 10.2 Å². The Kier molecular flexibility index (Phi) is 6.93. The average molecular weight is 485 g/mol. The van der Waals surface area contributed by atoms with Crippen molar-refractivity contribution in [2.24, 2.45) is 0 Å². The van der Waals surface area contributed by atoms with Gasteiger partial charge in [-0.05, 0) is 61.6 Å². The SMILES string of the molecule is CN(C)CCC(Oc1ccc2c(=O)c(-c3cccc(C(F)(F)F)c3)coc2c1)c1ccc(F)cc1. The highest BCUT2D eigenvalue weighted by Crippen LogP contribution is 2.32. The summed E-state index contributed by atoms with van der Waals surface area (Å²) >= 11 is 0. The first-order valence-electron chi connectivity index (χ1n) is 10.9. The molecule has 182 valence electrons. The summed E-state index contributed by atoms with van der Waals surface area (Å²) in [6, 6.07) is 15.3. The van der Waals surface area contributed by atoms with Crippen molar-refractivity contribution in [2.45, 2.75) is 18.7 Å². The topological polar surface area (TPSA) is 42.7 Å². The minimum absolute atomic E-state index is 0.0347. The van der Waals surface area contributed by atoms with Crippen molar-refractivity contribution in [1.82, 2.24) is 4.90 Å². The number of ether oxygens (including phenoxy) is 1. The third kappa shape index (κ3) is 5.71. The molecule has 4 rings (SSSR count). The van der Waals surface area contributed by atoms with Gasteiger partial charge in [0.25, 0.3) is 0 Å². The molecule has 1 unspecified atom stereocenters. The van der Waals surface area contributed by atoms with Crippen LogP contribution in [0.1, 0.15) is 23.7 Å². The fraction of sp³-hybridized carbons (Fsp3) is 0.222. The Balaban J connectivity index is 1.65. The third-order valence-electron chi connectivity index (χ3n) is 5.61. The van der Waals surface area contributed by atoms with Gasteiger partial charge in [-0.15, -0.1) is 0 Å². The molecule has 4 nitrogen and oxygen atoms in total. The third-order valence-corrected chi connectivity index (χ3v) is 5.61. The number of rotatable bonds is 7. The summed E-state index contributed by atoms with van der Waals surface area (Å²) in [5.74, 6) is 0.102. The van der Waals surface area contributed by atoms with Crippen LogP contribution in [0.4, 0.5) is 17.6 Å². The van der Waals surface area contributed by atoms with Crippen molar-refractivity contribution in [1.29, 1.82) is 0 Å². The first-order valence-corrected chi connectivity index (χ1v) is 10.9. The summed E-state index contributed by atoms with van der Waals surface area (Å²) in [6.45, 7) is 0.727. The Morgan fingerprint density at radius 1 is 1.00 bits per heavy atom. The first kappa shape index (κ1) is 24.5. The predicted molar refractivity (Wildman–Crippen MR) is 126 cm³/mol. The molecule has 0 spiro atoms. The number of hydrogen-bond donors (Lipinski definition) is 0. The Morgan fingerprint density at radius 3 is 2.43 bits per heavy atom. The smallest absolute Gasteiger partial charge is 0.416 e. The van der Waals surface area contributed by atoms with Gasteiger partial charge in [0.1, 0.15) is 29.5 Å². The summed E-state index contributed by atoms with van der Waals surface area (Å²) < 4.78 is 64.5. The summed E-state index contributed by atoms with van der Waals surface area (Å²) in [7, 11) is 3.88. The van der Waals surface area contributed by atoms with Gasteiger partial charge in [0.2, 0.25) is 0 Å². The highest BCUT2D eigenvalue weighted by atomic mass is 19.4. The second-order valence-electron chi connectivity index (χ2n) is 8.47. The van der Waals surface area contributed by atoms with E-state index < -0.39 is 17.2 Å². The van der Waals surface area contributed by atoms with Gasteiger partial charge in [-0.2, -0.15) is 13.2 Å². The molecule has 0 aliphatic rings. The lowest BCUT2D eigenvalue weighted by atomic mass is 10.0. The number of nitrogens with zero attached hydrogens (tertiary/aromatic N) is 1. The molecule has 1 heterocycles. The van der Waals surface area contributed by atoms with Crippen LogP contribution in [0.15, 0.2) is 82.2 Å². The van der Waals surface area contributed by atoms with Gasteiger partial charge in [-0.3, -0.25) is 4.79 Å². The van der Waals surface area contributed by atoms with Crippen LogP contribution in [-0.2, 0) is 6.18 Å². The van der Waals surface area contributed by atoms with Gasteiger partial charge in [0, 0.05) is 19.0 Å². The van der Waals surface area contributed by atoms with Gasteiger partial charge >= 0.3 is 6.18 Å². The maximum Gasteiger partial charge on any atom is 0.416 e. The molecule has 0 aliphatic heterocycles. The first-order chi connectivity index (χ1) is 16.6. The minimum Gasteiger partial charge on any atom is -0.486 e. The molecular weight excluding hydrogens is 462 g/mol. The molecule has 0 saturated heterocycles. The summed E-state index contributed by atoms with van der Waals surface area (Å²) in [6.07, 6.45) is -3.10. The number of fused-ring (bicyclic) bond motifs is 1. The Labute approximate surface area is 199 Å². The zero-order valence-corrected chi connectivity index (χ0v) is 19.1. The molecule has 0 aliphatic carbocycles. The molecule has 35 heavy (non-hydrogen) atoms. The molecule has 1 aromatic heterocycles. The van der Waals surface area contributed by atoms with E-state index in [9.17, 15) is 22.4 Å². The lowest BCUT2D eigenvalue weighted by Gasteiger charge is -2.21. The van der Waals surface area contributed by atoms with Crippen molar-refractivity contribution in [2.75, 3.05) is 20.6 Å². The van der Waals surface area contributed by atoms with Crippen LogP contribution in [0.2, 0.25) is 0 Å². The molecule has 0 fully saturated rings. The summed E-state index contributed by atoms with van der Waals surface area (Å²) in [4.78, 5) is 15.0. The second-order valence-corrected chi connectivity index (χ2v) is 8.47. The van der Waals surface area contributed by atoms with E-state index in [1.54, 1.807) is 24.3 Å². The van der Waals surface area contributed by atoms with E-state index in [1.165, 1.54) is 30.3 Å². The van der Waals surface area contributed by atoms with Crippen LogP contribution in [-0.4, -0.2) is 25.5 Å². The zero-order chi connectivity index (χ0) is 25.2. The fourth-order valence-corrected chi connectivity index (χ4v) is 3.76. The van der Waals surface area contributed by atoms with Crippen LogP contribution in [0.3, 0.4) is 0 Å². The molecule has 4 aromatic rings.